The molecule has 0 spiro atoms. The second kappa shape index (κ2) is 8.43. The first kappa shape index (κ1) is 17.2. The van der Waals surface area contributed by atoms with Crippen LogP contribution >= 0.6 is 12.2 Å². The van der Waals surface area contributed by atoms with Gasteiger partial charge < -0.3 is 29.6 Å². The quantitative estimate of drug-likeness (QED) is 0.581. The predicted molar refractivity (Wildman–Crippen MR) is 98.5 cm³/mol. The molecule has 0 saturated carbocycles. The number of benzene rings is 2. The van der Waals surface area contributed by atoms with Gasteiger partial charge in [-0.15, -0.1) is 0 Å². The predicted octanol–water partition coefficient (Wildman–Crippen LogP) is 2.47. The van der Waals surface area contributed by atoms with Gasteiger partial charge in [-0.05, 0) is 42.0 Å². The lowest BCUT2D eigenvalue weighted by molar-refractivity contribution is 0.174. The Morgan fingerprint density at radius 2 is 1.88 bits per heavy atom. The molecule has 132 valence electrons. The monoisotopic (exact) mass is 360 g/mol. The number of nitrogens with one attached hydrogen (secondary N) is 2. The molecular formula is C18H20N2O4S. The van der Waals surface area contributed by atoms with E-state index in [0.29, 0.717) is 36.3 Å². The standard InChI is InChI=1S/C18H20N2O4S/c1-21-14-4-2-3-5-15(14)22-9-8-19-18(25)20-11-13-6-7-16-17(10-13)24-12-23-16/h2-7,10H,8-9,11-12H2,1H3,(H2,19,20,25). The fourth-order valence-corrected chi connectivity index (χ4v) is 2.53. The number of rotatable bonds is 7. The fourth-order valence-electron chi connectivity index (χ4n) is 2.36. The molecule has 0 aliphatic carbocycles. The third-order valence-electron chi connectivity index (χ3n) is 3.60. The zero-order valence-corrected chi connectivity index (χ0v) is 14.7. The molecule has 2 aromatic carbocycles. The van der Waals surface area contributed by atoms with Crippen LogP contribution in [0.4, 0.5) is 0 Å². The molecule has 1 aliphatic rings. The third kappa shape index (κ3) is 4.67. The molecule has 0 atom stereocenters. The Morgan fingerprint density at radius 3 is 2.72 bits per heavy atom. The van der Waals surface area contributed by atoms with E-state index in [4.69, 9.17) is 31.2 Å². The van der Waals surface area contributed by atoms with Gasteiger partial charge in [0.15, 0.2) is 28.1 Å². The van der Waals surface area contributed by atoms with Crippen LogP contribution in [0.2, 0.25) is 0 Å². The van der Waals surface area contributed by atoms with E-state index in [9.17, 15) is 0 Å². The highest BCUT2D eigenvalue weighted by Gasteiger charge is 2.13. The minimum absolute atomic E-state index is 0.276. The molecule has 2 aromatic rings. The van der Waals surface area contributed by atoms with E-state index in [1.807, 2.05) is 42.5 Å². The molecule has 0 unspecified atom stereocenters. The Bertz CT molecular complexity index is 739. The number of methoxy groups -OCH3 is 1. The molecule has 0 amide bonds. The zero-order valence-electron chi connectivity index (χ0n) is 13.9. The van der Waals surface area contributed by atoms with Crippen LogP contribution in [0.25, 0.3) is 0 Å². The molecule has 0 radical (unpaired) electrons. The lowest BCUT2D eigenvalue weighted by Gasteiger charge is -2.13. The number of hydrogen-bond acceptors (Lipinski definition) is 5. The Labute approximate surface area is 152 Å². The van der Waals surface area contributed by atoms with Crippen LogP contribution in [0, 0.1) is 0 Å². The second-order valence-corrected chi connectivity index (χ2v) is 5.70. The number of ether oxygens (including phenoxy) is 4. The molecule has 0 bridgehead atoms. The zero-order chi connectivity index (χ0) is 17.5. The summed E-state index contributed by atoms with van der Waals surface area (Å²) in [5.41, 5.74) is 1.07. The van der Waals surface area contributed by atoms with Crippen LogP contribution in [0.1, 0.15) is 5.56 Å². The maximum Gasteiger partial charge on any atom is 0.231 e. The van der Waals surface area contributed by atoms with E-state index < -0.39 is 0 Å². The maximum atomic E-state index is 5.69. The number of thiocarbonyl (C=S) groups is 1. The van der Waals surface area contributed by atoms with Crippen molar-refractivity contribution >= 4 is 17.3 Å². The first-order chi connectivity index (χ1) is 12.3. The summed E-state index contributed by atoms with van der Waals surface area (Å²) in [6.07, 6.45) is 0. The minimum Gasteiger partial charge on any atom is -0.493 e. The summed E-state index contributed by atoms with van der Waals surface area (Å²) >= 11 is 5.27. The maximum absolute atomic E-state index is 5.69. The molecule has 25 heavy (non-hydrogen) atoms. The highest BCUT2D eigenvalue weighted by atomic mass is 32.1. The van der Waals surface area contributed by atoms with Gasteiger partial charge in [0.25, 0.3) is 0 Å². The van der Waals surface area contributed by atoms with Crippen molar-refractivity contribution in [3.63, 3.8) is 0 Å². The van der Waals surface area contributed by atoms with Crippen LogP contribution in [0.15, 0.2) is 42.5 Å². The Morgan fingerprint density at radius 1 is 1.08 bits per heavy atom. The largest absolute Gasteiger partial charge is 0.493 e. The van der Waals surface area contributed by atoms with Crippen molar-refractivity contribution < 1.29 is 18.9 Å². The molecule has 1 heterocycles. The molecule has 6 nitrogen and oxygen atoms in total. The average molecular weight is 360 g/mol. The smallest absolute Gasteiger partial charge is 0.231 e. The van der Waals surface area contributed by atoms with Crippen molar-refractivity contribution in [1.29, 1.82) is 0 Å². The van der Waals surface area contributed by atoms with Gasteiger partial charge >= 0.3 is 0 Å². The Balaban J connectivity index is 1.37. The van der Waals surface area contributed by atoms with Crippen LogP contribution < -0.4 is 29.6 Å². The Hall–Kier alpha value is -2.67. The third-order valence-corrected chi connectivity index (χ3v) is 3.89. The van der Waals surface area contributed by atoms with Gasteiger partial charge in [-0.1, -0.05) is 18.2 Å². The lowest BCUT2D eigenvalue weighted by atomic mass is 10.2. The number of hydrogen-bond donors (Lipinski definition) is 2. The second-order valence-electron chi connectivity index (χ2n) is 5.30. The summed E-state index contributed by atoms with van der Waals surface area (Å²) in [6.45, 7) is 1.95. The van der Waals surface area contributed by atoms with Crippen molar-refractivity contribution in [2.24, 2.45) is 0 Å². The van der Waals surface area contributed by atoms with Crippen molar-refractivity contribution in [3.05, 3.63) is 48.0 Å². The summed E-state index contributed by atoms with van der Waals surface area (Å²) < 4.78 is 21.6. The minimum atomic E-state index is 0.276. The molecular weight excluding hydrogens is 340 g/mol. The van der Waals surface area contributed by atoms with Gasteiger partial charge in [-0.3, -0.25) is 0 Å². The van der Waals surface area contributed by atoms with Gasteiger partial charge in [-0.25, -0.2) is 0 Å². The van der Waals surface area contributed by atoms with E-state index in [1.165, 1.54) is 0 Å². The highest BCUT2D eigenvalue weighted by molar-refractivity contribution is 7.80. The van der Waals surface area contributed by atoms with E-state index in [2.05, 4.69) is 10.6 Å². The van der Waals surface area contributed by atoms with Gasteiger partial charge in [0.05, 0.1) is 13.7 Å². The first-order valence-electron chi connectivity index (χ1n) is 7.92. The molecule has 2 N–H and O–H groups in total. The molecule has 0 fully saturated rings. The average Bonchev–Trinajstić information content (AvgIpc) is 3.11. The van der Waals surface area contributed by atoms with Crippen LogP contribution in [-0.4, -0.2) is 32.2 Å². The number of fused-ring (bicyclic) bond motifs is 1. The van der Waals surface area contributed by atoms with Gasteiger partial charge in [0, 0.05) is 6.54 Å². The molecule has 3 rings (SSSR count). The fraction of sp³-hybridized carbons (Fsp3) is 0.278. The SMILES string of the molecule is COc1ccccc1OCCNC(=S)NCc1ccc2c(c1)OCO2. The van der Waals surface area contributed by atoms with Gasteiger partial charge in [0.2, 0.25) is 6.79 Å². The lowest BCUT2D eigenvalue weighted by Crippen LogP contribution is -2.37. The van der Waals surface area contributed by atoms with Gasteiger partial charge in [0.1, 0.15) is 6.61 Å². The molecule has 0 saturated heterocycles. The van der Waals surface area contributed by atoms with E-state index in [1.54, 1.807) is 7.11 Å². The van der Waals surface area contributed by atoms with Gasteiger partial charge in [-0.2, -0.15) is 0 Å². The van der Waals surface area contributed by atoms with Crippen molar-refractivity contribution in [2.75, 3.05) is 27.1 Å². The highest BCUT2D eigenvalue weighted by Crippen LogP contribution is 2.32. The first-order valence-corrected chi connectivity index (χ1v) is 8.33. The molecule has 1 aliphatic heterocycles. The summed E-state index contributed by atoms with van der Waals surface area (Å²) in [7, 11) is 1.62. The normalized spacial score (nSPS) is 11.7. The van der Waals surface area contributed by atoms with E-state index in [0.717, 1.165) is 17.1 Å². The van der Waals surface area contributed by atoms with Crippen molar-refractivity contribution in [2.45, 2.75) is 6.54 Å². The summed E-state index contributed by atoms with van der Waals surface area (Å²) in [5, 5.41) is 6.84. The molecule has 7 heteroatoms. The topological polar surface area (TPSA) is 61.0 Å². The summed E-state index contributed by atoms with van der Waals surface area (Å²) in [6, 6.07) is 13.4. The van der Waals surface area contributed by atoms with Crippen LogP contribution in [0.3, 0.4) is 0 Å². The van der Waals surface area contributed by atoms with Crippen molar-refractivity contribution in [3.8, 4) is 23.0 Å². The van der Waals surface area contributed by atoms with E-state index in [-0.39, 0.29) is 6.79 Å². The summed E-state index contributed by atoms with van der Waals surface area (Å²) in [4.78, 5) is 0. The van der Waals surface area contributed by atoms with E-state index >= 15 is 0 Å². The molecule has 0 aromatic heterocycles. The van der Waals surface area contributed by atoms with Crippen molar-refractivity contribution in [1.82, 2.24) is 10.6 Å². The van der Waals surface area contributed by atoms with Crippen LogP contribution in [0.5, 0.6) is 23.0 Å². The summed E-state index contributed by atoms with van der Waals surface area (Å²) in [5.74, 6) is 2.97. The van der Waals surface area contributed by atoms with Crippen LogP contribution in [-0.2, 0) is 6.54 Å². The Kier molecular flexibility index (Phi) is 5.79. The number of para-hydroxylation sites is 2.